The van der Waals surface area contributed by atoms with Crippen molar-refractivity contribution in [2.24, 2.45) is 35.1 Å². The van der Waals surface area contributed by atoms with Crippen LogP contribution >= 0.6 is 23.2 Å². The molecule has 1 fully saturated rings. The largest absolute Gasteiger partial charge is 0.481 e. The van der Waals surface area contributed by atoms with Crippen LogP contribution in [0.15, 0.2) is 42.5 Å². The van der Waals surface area contributed by atoms with E-state index in [0.29, 0.717) is 18.4 Å². The van der Waals surface area contributed by atoms with Crippen LogP contribution in [0.3, 0.4) is 0 Å². The van der Waals surface area contributed by atoms with Gasteiger partial charge in [-0.25, -0.2) is 4.79 Å². The normalized spacial score (nSPS) is 21.1. The lowest BCUT2D eigenvalue weighted by Gasteiger charge is -2.29. The van der Waals surface area contributed by atoms with Crippen molar-refractivity contribution in [1.29, 1.82) is 0 Å². The highest BCUT2D eigenvalue weighted by molar-refractivity contribution is 6.37. The van der Waals surface area contributed by atoms with Gasteiger partial charge in [0.1, 0.15) is 55.6 Å². The maximum absolute atomic E-state index is 15.1. The maximum atomic E-state index is 15.1. The number of cyclic esters (lactones) is 1. The topological polar surface area (TPSA) is 614 Å². The summed E-state index contributed by atoms with van der Waals surface area (Å²) in [4.78, 5) is 274. The number of Topliss-reactive ketones (excluding diaryl/α,β-unsaturated/α-hetero) is 4. The van der Waals surface area contributed by atoms with Crippen molar-refractivity contribution in [1.82, 2.24) is 53.2 Å². The van der Waals surface area contributed by atoms with Crippen LogP contribution in [0.2, 0.25) is 10.0 Å². The molecule has 0 aromatic heterocycles. The van der Waals surface area contributed by atoms with E-state index in [-0.39, 0.29) is 73.0 Å². The molecular formula is C75H105Cl2N13O26. The summed E-state index contributed by atoms with van der Waals surface area (Å²) in [5, 5.41) is 56.2. The van der Waals surface area contributed by atoms with Crippen molar-refractivity contribution in [2.75, 3.05) is 51.3 Å². The Balaban J connectivity index is 2.34. The number of benzene rings is 2. The number of hydrogen-bond acceptors (Lipinski definition) is 26. The maximum Gasteiger partial charge on any atom is 0.329 e. The summed E-state index contributed by atoms with van der Waals surface area (Å²) in [5.41, 5.74) is 11.5. The summed E-state index contributed by atoms with van der Waals surface area (Å²) >= 11 is 12.9. The lowest BCUT2D eigenvalue weighted by Crippen LogP contribution is -2.57. The van der Waals surface area contributed by atoms with E-state index in [2.05, 4.69) is 70.1 Å². The summed E-state index contributed by atoms with van der Waals surface area (Å²) in [6.45, 7) is 1.51. The molecule has 11 amide bonds. The van der Waals surface area contributed by atoms with E-state index >= 15 is 4.79 Å². The fourth-order valence-electron chi connectivity index (χ4n) is 12.1. The third-order valence-electron chi connectivity index (χ3n) is 18.4. The van der Waals surface area contributed by atoms with Crippen LogP contribution in [0.5, 0.6) is 0 Å². The van der Waals surface area contributed by atoms with Gasteiger partial charge in [0.15, 0.2) is 23.1 Å². The second-order valence-corrected chi connectivity index (χ2v) is 28.5. The highest BCUT2D eigenvalue weighted by atomic mass is 35.5. The van der Waals surface area contributed by atoms with Crippen LogP contribution in [-0.2, 0) is 112 Å². The molecule has 0 radical (unpaired) electrons. The monoisotopic (exact) mass is 1670 g/mol. The number of primary amides is 1. The minimum absolute atomic E-state index is 0.00573. The fourth-order valence-corrected chi connectivity index (χ4v) is 12.6. The molecule has 18 N–H and O–H groups in total. The molecule has 116 heavy (non-hydrogen) atoms. The Morgan fingerprint density at radius 2 is 1.26 bits per heavy atom. The van der Waals surface area contributed by atoms with Crippen molar-refractivity contribution in [3.05, 3.63) is 63.6 Å². The van der Waals surface area contributed by atoms with Gasteiger partial charge in [-0.2, -0.15) is 0 Å². The average Bonchev–Trinajstić information content (AvgIpc) is 0.818. The zero-order valence-corrected chi connectivity index (χ0v) is 66.5. The van der Waals surface area contributed by atoms with E-state index in [9.17, 15) is 106 Å². The number of aliphatic hydroxyl groups is 1. The summed E-state index contributed by atoms with van der Waals surface area (Å²) in [7, 11) is 0. The molecule has 41 heteroatoms. The number of aliphatic carboxylic acids is 2. The van der Waals surface area contributed by atoms with E-state index in [1.807, 2.05) is 0 Å². The number of halogens is 2. The first kappa shape index (κ1) is 99.1. The Bertz CT molecular complexity index is 3800. The molecule has 2 aromatic rings. The van der Waals surface area contributed by atoms with Crippen LogP contribution in [0.1, 0.15) is 160 Å². The molecule has 3 rings (SSSR count). The van der Waals surface area contributed by atoms with Gasteiger partial charge < -0.3 is 99.5 Å². The van der Waals surface area contributed by atoms with Crippen LogP contribution < -0.4 is 70.0 Å². The molecule has 39 nitrogen and oxygen atoms in total. The molecule has 0 aliphatic carbocycles. The molecule has 0 spiro atoms. The van der Waals surface area contributed by atoms with Gasteiger partial charge in [0.05, 0.1) is 67.2 Å². The second-order valence-electron chi connectivity index (χ2n) is 27.7. The molecule has 640 valence electrons. The molecule has 1 aliphatic rings. The predicted molar refractivity (Wildman–Crippen MR) is 411 cm³/mol. The number of ketones is 4. The Kier molecular flexibility index (Phi) is 44.8. The molecule has 0 unspecified atom stereocenters. The highest BCUT2D eigenvalue weighted by Gasteiger charge is 2.41. The standard InChI is InChI=1S/C75H105Cl2N13O26/c1-6-8-9-10-11-12-16-21-61(99)85-52(24-43-18-14-13-15-19-43)73(111)87-51(32-60(79)98)58(96)25-44(27-65(104)105)69(107)90-66-42(5)116-75(113)53(31-56(94)48-28-46(76)29-49(77)67(48)80-7-2)88-71(109)47(40(3)23-64(102)103)30-59(97)54(35-91)86-63(101)33-81-72(110)55(37-115-39-93)89-68(106)41(4)83-70(108)45(36-114-38-92)26-57(95)50(20-17-22-78)84-62(100)34-82-74(66)112/h13-15,18-19,28-29,38-42,44-45,47,50-55,66,80,91H,6-12,16-17,20-27,30-37,78H2,1-5H3,(H2,79,98)(H,81,110)(H,82,112)(H,83,108)(H,84,100)(H,85,99)(H,86,101)(H,87,111)(H,88,109)(H,89,106)(H,90,107)(H,102,103)(H,104,105)/t40-,41-,42-,44+,45+,47+,50+,51-,52+,53+,54-,55+,66+/m1/s1. The molecule has 1 saturated heterocycles. The second kappa shape index (κ2) is 52.4. The van der Waals surface area contributed by atoms with E-state index < -0.39 is 262 Å². The molecule has 1 heterocycles. The van der Waals surface area contributed by atoms with Crippen LogP contribution in [0, 0.1) is 23.7 Å². The fraction of sp³-hybridized carbons (Fsp3) is 0.573. The number of esters is 1. The molecule has 13 atom stereocenters. The zero-order chi connectivity index (χ0) is 86.7. The first-order valence-electron chi connectivity index (χ1n) is 37.7. The van der Waals surface area contributed by atoms with Gasteiger partial charge in [-0.05, 0) is 70.2 Å². The first-order chi connectivity index (χ1) is 55.0. The number of unbranched alkanes of at least 4 members (excludes halogenated alkanes) is 6. The minimum atomic E-state index is -2.38. The summed E-state index contributed by atoms with van der Waals surface area (Å²) in [6, 6.07) is -4.37. The number of aliphatic hydroxyl groups excluding tert-OH is 1. The molecule has 1 aliphatic heterocycles. The average molecular weight is 1680 g/mol. The van der Waals surface area contributed by atoms with Crippen LogP contribution in [0.25, 0.3) is 0 Å². The third kappa shape index (κ3) is 35.8. The van der Waals surface area contributed by atoms with Crippen molar-refractivity contribution in [3.63, 3.8) is 0 Å². The number of ether oxygens (including phenoxy) is 3. The number of nitrogens with two attached hydrogens (primary N) is 2. The number of hydrogen-bond donors (Lipinski definition) is 16. The lowest BCUT2D eigenvalue weighted by molar-refractivity contribution is -0.156. The smallest absolute Gasteiger partial charge is 0.329 e. The van der Waals surface area contributed by atoms with Crippen molar-refractivity contribution in [2.45, 2.75) is 205 Å². The Labute approximate surface area is 678 Å². The Morgan fingerprint density at radius 3 is 1.86 bits per heavy atom. The Morgan fingerprint density at radius 1 is 0.655 bits per heavy atom. The van der Waals surface area contributed by atoms with E-state index in [4.69, 9.17) is 44.1 Å². The van der Waals surface area contributed by atoms with E-state index in [0.717, 1.165) is 52.0 Å². The summed E-state index contributed by atoms with van der Waals surface area (Å²) < 4.78 is 15.3. The number of carbonyl (C=O) groups excluding carboxylic acids is 18. The number of carboxylic acid groups (broad SMARTS) is 2. The van der Waals surface area contributed by atoms with Gasteiger partial charge in [-0.15, -0.1) is 0 Å². The molecule has 0 saturated carbocycles. The van der Waals surface area contributed by atoms with E-state index in [1.54, 1.807) is 37.3 Å². The zero-order valence-electron chi connectivity index (χ0n) is 65.0. The van der Waals surface area contributed by atoms with Gasteiger partial charge in [0.2, 0.25) is 65.0 Å². The van der Waals surface area contributed by atoms with Gasteiger partial charge in [-0.1, -0.05) is 106 Å². The van der Waals surface area contributed by atoms with Crippen LogP contribution in [-0.4, -0.2) is 235 Å². The van der Waals surface area contributed by atoms with E-state index in [1.165, 1.54) is 13.0 Å². The Hall–Kier alpha value is -11.1. The van der Waals surface area contributed by atoms with Crippen molar-refractivity contribution in [3.8, 4) is 0 Å². The van der Waals surface area contributed by atoms with Crippen LogP contribution in [0.4, 0.5) is 5.69 Å². The van der Waals surface area contributed by atoms with Gasteiger partial charge >= 0.3 is 17.9 Å². The van der Waals surface area contributed by atoms with Gasteiger partial charge in [0, 0.05) is 68.0 Å². The number of amides is 11. The molecule has 2 aromatic carbocycles. The SMILES string of the molecule is CCCCCCCCCC(=O)N[C@@H](Cc1ccccc1)C(=O)N[C@H](CC(N)=O)C(=O)C[C@@H](CC(=O)O)C(=O)N[C@@H]1C(=O)NCC(=O)N[C@@H](CCCN)C(=O)C[C@@H](COC=O)C(=O)N[C@H](C)C(=O)N[C@@H](COC=O)C(=O)NCC(=O)N[C@H](CO)C(=O)C[C@@H]([C@H](C)CC(=O)O)C(=O)N[C@@H](CC(=O)c2cc(Cl)cc(Cl)c2NCC)C(=O)O[C@@H]1C. The van der Waals surface area contributed by atoms with Gasteiger partial charge in [0.25, 0.3) is 12.9 Å². The predicted octanol–water partition coefficient (Wildman–Crippen LogP) is -1.28. The third-order valence-corrected chi connectivity index (χ3v) is 18.9. The lowest BCUT2D eigenvalue weighted by atomic mass is 9.84. The van der Waals surface area contributed by atoms with Crippen molar-refractivity contribution >= 4 is 148 Å². The minimum Gasteiger partial charge on any atom is -0.481 e. The number of nitrogens with one attached hydrogen (secondary N) is 11. The van der Waals surface area contributed by atoms with Gasteiger partial charge in [-0.3, -0.25) is 91.1 Å². The van der Waals surface area contributed by atoms with Crippen molar-refractivity contribution < 1.29 is 125 Å². The highest BCUT2D eigenvalue weighted by Crippen LogP contribution is 2.32. The molecule has 0 bridgehead atoms. The summed E-state index contributed by atoms with van der Waals surface area (Å²) in [5.74, 6) is -29.6. The summed E-state index contributed by atoms with van der Waals surface area (Å²) in [6.07, 6.45) is -3.88. The first-order valence-corrected chi connectivity index (χ1v) is 38.4. The number of rotatable bonds is 40. The number of carboxylic acids is 2. The number of anilines is 1. The number of carbonyl (C=O) groups is 20. The quantitative estimate of drug-likeness (QED) is 0.0121. The molecular weight excluding hydrogens is 1570 g/mol.